The zero-order valence-corrected chi connectivity index (χ0v) is 16.5. The van der Waals surface area contributed by atoms with Crippen LogP contribution in [-0.2, 0) is 9.53 Å². The first-order valence-electron chi connectivity index (χ1n) is 9.40. The highest BCUT2D eigenvalue weighted by molar-refractivity contribution is 8.15. The molecule has 138 valence electrons. The lowest BCUT2D eigenvalue weighted by molar-refractivity contribution is -0.137. The van der Waals surface area contributed by atoms with Crippen molar-refractivity contribution >= 4 is 29.5 Å². The molecular formula is C19H32O3S2. The van der Waals surface area contributed by atoms with Gasteiger partial charge in [-0.15, -0.1) is 0 Å². The van der Waals surface area contributed by atoms with E-state index in [-0.39, 0.29) is 6.42 Å². The summed E-state index contributed by atoms with van der Waals surface area (Å²) in [5.74, 6) is 3.22. The van der Waals surface area contributed by atoms with E-state index in [2.05, 4.69) is 42.6 Å². The third kappa shape index (κ3) is 6.64. The van der Waals surface area contributed by atoms with Gasteiger partial charge in [-0.25, -0.2) is 0 Å². The number of carboxylic acids is 1. The highest BCUT2D eigenvalue weighted by Gasteiger charge is 2.47. The molecule has 0 aromatic rings. The molecule has 3 nitrogen and oxygen atoms in total. The molecule has 5 heteroatoms. The van der Waals surface area contributed by atoms with Crippen LogP contribution in [0.5, 0.6) is 0 Å². The topological polar surface area (TPSA) is 46.5 Å². The lowest BCUT2D eigenvalue weighted by Gasteiger charge is -2.26. The van der Waals surface area contributed by atoms with E-state index in [0.717, 1.165) is 19.3 Å². The van der Waals surface area contributed by atoms with Crippen LogP contribution in [0, 0.1) is 11.8 Å². The number of hydrogen-bond donors (Lipinski definition) is 1. The van der Waals surface area contributed by atoms with Gasteiger partial charge in [0, 0.05) is 11.5 Å². The Kier molecular flexibility index (Phi) is 9.65. The molecule has 2 saturated heterocycles. The van der Waals surface area contributed by atoms with E-state index >= 15 is 0 Å². The Labute approximate surface area is 155 Å². The van der Waals surface area contributed by atoms with Crippen molar-refractivity contribution < 1.29 is 14.6 Å². The van der Waals surface area contributed by atoms with Crippen LogP contribution in [-0.4, -0.2) is 39.9 Å². The lowest BCUT2D eigenvalue weighted by atomic mass is 9.78. The summed E-state index contributed by atoms with van der Waals surface area (Å²) in [7, 11) is 0. The number of fused-ring (bicyclic) bond motifs is 2. The molecule has 0 spiro atoms. The molecule has 0 aliphatic carbocycles. The van der Waals surface area contributed by atoms with Crippen molar-refractivity contribution in [3.8, 4) is 0 Å². The zero-order chi connectivity index (χ0) is 17.2. The number of thioether (sulfide) groups is 2. The second kappa shape index (κ2) is 11.5. The van der Waals surface area contributed by atoms with E-state index in [1.54, 1.807) is 0 Å². The van der Waals surface area contributed by atoms with Gasteiger partial charge in [0.2, 0.25) is 0 Å². The molecule has 24 heavy (non-hydrogen) atoms. The van der Waals surface area contributed by atoms with Crippen molar-refractivity contribution in [2.24, 2.45) is 11.8 Å². The van der Waals surface area contributed by atoms with Crippen LogP contribution in [0.3, 0.4) is 0 Å². The molecule has 2 rings (SSSR count). The predicted molar refractivity (Wildman–Crippen MR) is 105 cm³/mol. The number of allylic oxidation sites excluding steroid dienone is 2. The van der Waals surface area contributed by atoms with Crippen LogP contribution in [0.4, 0.5) is 0 Å². The van der Waals surface area contributed by atoms with Crippen molar-refractivity contribution in [1.82, 2.24) is 0 Å². The second-order valence-corrected chi connectivity index (χ2v) is 9.36. The maximum absolute atomic E-state index is 10.5. The van der Waals surface area contributed by atoms with Crippen molar-refractivity contribution in [2.75, 3.05) is 16.6 Å². The minimum absolute atomic E-state index is 0.274. The first-order valence-corrected chi connectivity index (χ1v) is 11.7. The van der Waals surface area contributed by atoms with Gasteiger partial charge in [0.05, 0.1) is 12.2 Å². The van der Waals surface area contributed by atoms with Gasteiger partial charge in [0.25, 0.3) is 0 Å². The van der Waals surface area contributed by atoms with E-state index in [4.69, 9.17) is 9.84 Å². The maximum Gasteiger partial charge on any atom is 0.303 e. The summed E-state index contributed by atoms with van der Waals surface area (Å²) in [6.07, 6.45) is 13.5. The molecule has 2 aliphatic heterocycles. The Bertz CT molecular complexity index is 400. The van der Waals surface area contributed by atoms with Gasteiger partial charge in [-0.2, -0.15) is 23.5 Å². The third-order valence-electron chi connectivity index (χ3n) is 5.05. The standard InChI is InChI=1S/C19H32O3S2/c1-2-3-12-23-14-24-13-16-15(17-10-11-18(16)22-17)8-6-4-5-7-9-19(20)21/h4,6,15-18H,2-3,5,7-14H2,1H3,(H,20,21)/b6-4-. The number of ether oxygens (including phenoxy) is 1. The minimum Gasteiger partial charge on any atom is -0.481 e. The smallest absolute Gasteiger partial charge is 0.303 e. The van der Waals surface area contributed by atoms with Gasteiger partial charge >= 0.3 is 5.97 Å². The quantitative estimate of drug-likeness (QED) is 0.273. The summed E-state index contributed by atoms with van der Waals surface area (Å²) in [4.78, 5) is 10.5. The van der Waals surface area contributed by atoms with Crippen LogP contribution in [0.15, 0.2) is 12.2 Å². The molecule has 0 aromatic heterocycles. The molecule has 0 amide bonds. The van der Waals surface area contributed by atoms with Crippen LogP contribution in [0.1, 0.15) is 58.3 Å². The lowest BCUT2D eigenvalue weighted by Crippen LogP contribution is -2.28. The Balaban J connectivity index is 1.65. The summed E-state index contributed by atoms with van der Waals surface area (Å²) in [5, 5.41) is 9.87. The first kappa shape index (κ1) is 20.2. The molecular weight excluding hydrogens is 340 g/mol. The molecule has 0 aromatic carbocycles. The van der Waals surface area contributed by atoms with Gasteiger partial charge in [-0.05, 0) is 61.9 Å². The summed E-state index contributed by atoms with van der Waals surface area (Å²) in [5.41, 5.74) is 0. The summed E-state index contributed by atoms with van der Waals surface area (Å²) >= 11 is 4.16. The molecule has 0 radical (unpaired) electrons. The average Bonchev–Trinajstić information content (AvgIpc) is 3.15. The molecule has 2 bridgehead atoms. The fraction of sp³-hybridized carbons (Fsp3) is 0.842. The number of hydrogen-bond acceptors (Lipinski definition) is 4. The highest BCUT2D eigenvalue weighted by atomic mass is 32.2. The second-order valence-electron chi connectivity index (χ2n) is 6.86. The molecule has 2 heterocycles. The van der Waals surface area contributed by atoms with E-state index in [9.17, 15) is 4.79 Å². The van der Waals surface area contributed by atoms with Crippen LogP contribution >= 0.6 is 23.5 Å². The van der Waals surface area contributed by atoms with Gasteiger partial charge in [0.1, 0.15) is 0 Å². The molecule has 2 fully saturated rings. The van der Waals surface area contributed by atoms with Crippen LogP contribution in [0.2, 0.25) is 0 Å². The van der Waals surface area contributed by atoms with Crippen molar-refractivity contribution in [3.63, 3.8) is 0 Å². The third-order valence-corrected chi connectivity index (χ3v) is 7.58. The number of unbranched alkanes of at least 4 members (excludes halogenated alkanes) is 2. The molecule has 4 unspecified atom stereocenters. The van der Waals surface area contributed by atoms with Gasteiger partial charge in [0.15, 0.2) is 0 Å². The normalized spacial score (nSPS) is 28.9. The number of carboxylic acid groups (broad SMARTS) is 1. The first-order chi connectivity index (χ1) is 11.7. The summed E-state index contributed by atoms with van der Waals surface area (Å²) < 4.78 is 6.17. The average molecular weight is 373 g/mol. The SMILES string of the molecule is CCCCSCSCC1C2CCC(O2)C1C/C=C\CCCC(=O)O. The largest absolute Gasteiger partial charge is 0.481 e. The van der Waals surface area contributed by atoms with Crippen LogP contribution < -0.4 is 0 Å². The zero-order valence-electron chi connectivity index (χ0n) is 14.8. The van der Waals surface area contributed by atoms with Crippen molar-refractivity contribution in [3.05, 3.63) is 12.2 Å². The molecule has 0 saturated carbocycles. The number of rotatable bonds is 13. The minimum atomic E-state index is -0.696. The Morgan fingerprint density at radius 2 is 1.96 bits per heavy atom. The van der Waals surface area contributed by atoms with Crippen LogP contribution in [0.25, 0.3) is 0 Å². The molecule has 4 atom stereocenters. The summed E-state index contributed by atoms with van der Waals surface area (Å²) in [6, 6.07) is 0. The highest BCUT2D eigenvalue weighted by Crippen LogP contribution is 2.46. The van der Waals surface area contributed by atoms with Gasteiger partial charge in [-0.3, -0.25) is 4.79 Å². The Morgan fingerprint density at radius 1 is 1.17 bits per heavy atom. The monoisotopic (exact) mass is 372 g/mol. The Hall–Kier alpha value is -0.130. The Morgan fingerprint density at radius 3 is 2.71 bits per heavy atom. The summed E-state index contributed by atoms with van der Waals surface area (Å²) in [6.45, 7) is 2.25. The number of carbonyl (C=O) groups is 1. The number of aliphatic carboxylic acids is 1. The van der Waals surface area contributed by atoms with E-state index in [1.807, 2.05) is 0 Å². The van der Waals surface area contributed by atoms with Crippen molar-refractivity contribution in [2.45, 2.75) is 70.5 Å². The van der Waals surface area contributed by atoms with Gasteiger partial charge < -0.3 is 9.84 Å². The predicted octanol–water partition coefficient (Wildman–Crippen LogP) is 5.21. The van der Waals surface area contributed by atoms with E-state index < -0.39 is 5.97 Å². The van der Waals surface area contributed by atoms with Crippen molar-refractivity contribution in [1.29, 1.82) is 0 Å². The van der Waals surface area contributed by atoms with E-state index in [1.165, 1.54) is 42.3 Å². The molecule has 2 aliphatic rings. The maximum atomic E-state index is 10.5. The van der Waals surface area contributed by atoms with Gasteiger partial charge in [-0.1, -0.05) is 25.5 Å². The fourth-order valence-electron chi connectivity index (χ4n) is 3.72. The fourth-order valence-corrected chi connectivity index (χ4v) is 6.27. The molecule has 1 N–H and O–H groups in total. The van der Waals surface area contributed by atoms with E-state index in [0.29, 0.717) is 24.0 Å².